The lowest BCUT2D eigenvalue weighted by Gasteiger charge is -2.11. The summed E-state index contributed by atoms with van der Waals surface area (Å²) in [6.45, 7) is 0.0859. The number of aliphatic carboxylic acids is 1. The van der Waals surface area contributed by atoms with Crippen LogP contribution in [-0.2, 0) is 11.0 Å². The van der Waals surface area contributed by atoms with Gasteiger partial charge in [0.05, 0.1) is 5.56 Å². The van der Waals surface area contributed by atoms with E-state index in [1.807, 2.05) is 0 Å². The van der Waals surface area contributed by atoms with E-state index in [-0.39, 0.29) is 29.4 Å². The zero-order chi connectivity index (χ0) is 15.3. The van der Waals surface area contributed by atoms with E-state index in [0.717, 1.165) is 12.1 Å². The summed E-state index contributed by atoms with van der Waals surface area (Å²) in [5.41, 5.74) is -1.06. The largest absolute Gasteiger partial charge is 0.481 e. The summed E-state index contributed by atoms with van der Waals surface area (Å²) in [6, 6.07) is 3.15. The van der Waals surface area contributed by atoms with Gasteiger partial charge in [0, 0.05) is 23.0 Å². The molecule has 2 N–H and O–H groups in total. The van der Waals surface area contributed by atoms with Crippen molar-refractivity contribution in [3.05, 3.63) is 33.8 Å². The van der Waals surface area contributed by atoms with Crippen molar-refractivity contribution in [2.75, 3.05) is 6.54 Å². The van der Waals surface area contributed by atoms with Gasteiger partial charge in [0.1, 0.15) is 0 Å². The molecule has 110 valence electrons. The van der Waals surface area contributed by atoms with Crippen LogP contribution in [-0.4, -0.2) is 23.5 Å². The molecule has 8 heteroatoms. The molecule has 0 bridgehead atoms. The van der Waals surface area contributed by atoms with E-state index in [9.17, 15) is 22.8 Å². The normalized spacial score (nSPS) is 11.2. The molecule has 0 aliphatic carbocycles. The van der Waals surface area contributed by atoms with Gasteiger partial charge in [-0.2, -0.15) is 13.2 Å². The van der Waals surface area contributed by atoms with Gasteiger partial charge < -0.3 is 10.4 Å². The summed E-state index contributed by atoms with van der Waals surface area (Å²) in [5, 5.41) is 10.8. The molecule has 0 spiro atoms. The Kier molecular flexibility index (Phi) is 5.55. The van der Waals surface area contributed by atoms with E-state index in [1.54, 1.807) is 0 Å². The Morgan fingerprint density at radius 2 is 1.95 bits per heavy atom. The number of carbonyl (C=O) groups is 2. The molecule has 4 nitrogen and oxygen atoms in total. The number of carboxylic acids is 1. The van der Waals surface area contributed by atoms with Gasteiger partial charge in [0.2, 0.25) is 0 Å². The second-order valence-electron chi connectivity index (χ2n) is 3.95. The van der Waals surface area contributed by atoms with Crippen molar-refractivity contribution in [2.24, 2.45) is 0 Å². The number of alkyl halides is 3. The summed E-state index contributed by atoms with van der Waals surface area (Å²) in [5.74, 6) is -1.67. The number of hydrogen-bond donors (Lipinski definition) is 2. The number of halogens is 4. The Morgan fingerprint density at radius 1 is 1.30 bits per heavy atom. The third kappa shape index (κ3) is 4.84. The smallest absolute Gasteiger partial charge is 0.417 e. The van der Waals surface area contributed by atoms with Crippen molar-refractivity contribution >= 4 is 27.8 Å². The second kappa shape index (κ2) is 6.74. The molecule has 1 aromatic carbocycles. The highest BCUT2D eigenvalue weighted by atomic mass is 79.9. The summed E-state index contributed by atoms with van der Waals surface area (Å²) >= 11 is 2.78. The summed E-state index contributed by atoms with van der Waals surface area (Å²) in [4.78, 5) is 21.9. The third-order valence-corrected chi connectivity index (χ3v) is 3.08. The zero-order valence-electron chi connectivity index (χ0n) is 10.1. The molecule has 0 heterocycles. The molecular weight excluding hydrogens is 343 g/mol. The molecule has 1 rings (SSSR count). The van der Waals surface area contributed by atoms with Crippen molar-refractivity contribution < 1.29 is 27.9 Å². The van der Waals surface area contributed by atoms with Crippen molar-refractivity contribution in [3.63, 3.8) is 0 Å². The minimum Gasteiger partial charge on any atom is -0.481 e. The minimum absolute atomic E-state index is 0.0859. The van der Waals surface area contributed by atoms with Gasteiger partial charge in [-0.05, 0) is 24.6 Å². The molecule has 0 unspecified atom stereocenters. The highest BCUT2D eigenvalue weighted by Crippen LogP contribution is 2.35. The van der Waals surface area contributed by atoms with Crippen LogP contribution in [0.4, 0.5) is 13.2 Å². The van der Waals surface area contributed by atoms with Crippen LogP contribution in [0.25, 0.3) is 0 Å². The standard InChI is InChI=1S/C12H11BrF3NO3/c13-9-4-3-7(6-8(9)12(14,15)16)11(20)17-5-1-2-10(18)19/h3-4,6H,1-2,5H2,(H,17,20)(H,18,19). The maximum Gasteiger partial charge on any atom is 0.417 e. The van der Waals surface area contributed by atoms with E-state index in [0.29, 0.717) is 0 Å². The Balaban J connectivity index is 2.72. The number of nitrogens with one attached hydrogen (secondary N) is 1. The fourth-order valence-electron chi connectivity index (χ4n) is 1.43. The summed E-state index contributed by atoms with van der Waals surface area (Å²) in [6.07, 6.45) is -4.46. The minimum atomic E-state index is -4.56. The number of carbonyl (C=O) groups excluding carboxylic acids is 1. The quantitative estimate of drug-likeness (QED) is 0.799. The predicted octanol–water partition coefficient (Wildman–Crippen LogP) is 3.06. The van der Waals surface area contributed by atoms with Crippen LogP contribution >= 0.6 is 15.9 Å². The van der Waals surface area contributed by atoms with Crippen LogP contribution in [0, 0.1) is 0 Å². The molecule has 0 saturated carbocycles. The Hall–Kier alpha value is -1.57. The van der Waals surface area contributed by atoms with E-state index in [2.05, 4.69) is 21.2 Å². The number of carboxylic acid groups (broad SMARTS) is 1. The van der Waals surface area contributed by atoms with Gasteiger partial charge >= 0.3 is 12.1 Å². The first-order valence-electron chi connectivity index (χ1n) is 5.58. The van der Waals surface area contributed by atoms with Gasteiger partial charge in [-0.25, -0.2) is 0 Å². The molecular formula is C12H11BrF3NO3. The molecule has 1 amide bonds. The van der Waals surface area contributed by atoms with Crippen LogP contribution < -0.4 is 5.32 Å². The van der Waals surface area contributed by atoms with Crippen LogP contribution in [0.2, 0.25) is 0 Å². The molecule has 20 heavy (non-hydrogen) atoms. The fourth-order valence-corrected chi connectivity index (χ4v) is 1.90. The Morgan fingerprint density at radius 3 is 2.50 bits per heavy atom. The lowest BCUT2D eigenvalue weighted by molar-refractivity contribution is -0.138. The van der Waals surface area contributed by atoms with Crippen LogP contribution in [0.5, 0.6) is 0 Å². The molecule has 0 saturated heterocycles. The Bertz CT molecular complexity index is 517. The first-order chi connectivity index (χ1) is 9.21. The summed E-state index contributed by atoms with van der Waals surface area (Å²) in [7, 11) is 0. The third-order valence-electron chi connectivity index (χ3n) is 2.39. The molecule has 0 aliphatic rings. The van der Waals surface area contributed by atoms with Gasteiger partial charge in [-0.3, -0.25) is 9.59 Å². The first-order valence-corrected chi connectivity index (χ1v) is 6.38. The topological polar surface area (TPSA) is 66.4 Å². The number of amides is 1. The first kappa shape index (κ1) is 16.5. The van der Waals surface area contributed by atoms with Crippen molar-refractivity contribution in [1.29, 1.82) is 0 Å². The van der Waals surface area contributed by atoms with Crippen molar-refractivity contribution in [2.45, 2.75) is 19.0 Å². The van der Waals surface area contributed by atoms with Crippen LogP contribution in [0.1, 0.15) is 28.8 Å². The molecule has 0 radical (unpaired) electrons. The van der Waals surface area contributed by atoms with E-state index < -0.39 is 23.6 Å². The van der Waals surface area contributed by atoms with Gasteiger partial charge in [0.15, 0.2) is 0 Å². The number of hydrogen-bond acceptors (Lipinski definition) is 2. The molecule has 0 aliphatic heterocycles. The van der Waals surface area contributed by atoms with E-state index in [1.165, 1.54) is 6.07 Å². The lowest BCUT2D eigenvalue weighted by atomic mass is 10.1. The highest BCUT2D eigenvalue weighted by molar-refractivity contribution is 9.10. The number of benzene rings is 1. The SMILES string of the molecule is O=C(O)CCCNC(=O)c1ccc(Br)c(C(F)(F)F)c1. The molecule has 0 aromatic heterocycles. The van der Waals surface area contributed by atoms with Gasteiger partial charge in [0.25, 0.3) is 5.91 Å². The van der Waals surface area contributed by atoms with Gasteiger partial charge in [-0.1, -0.05) is 15.9 Å². The number of rotatable bonds is 5. The van der Waals surface area contributed by atoms with E-state index in [4.69, 9.17) is 5.11 Å². The summed E-state index contributed by atoms with van der Waals surface area (Å²) < 4.78 is 37.8. The van der Waals surface area contributed by atoms with Crippen molar-refractivity contribution in [1.82, 2.24) is 5.32 Å². The highest BCUT2D eigenvalue weighted by Gasteiger charge is 2.33. The second-order valence-corrected chi connectivity index (χ2v) is 4.80. The molecule has 1 aromatic rings. The van der Waals surface area contributed by atoms with Crippen molar-refractivity contribution in [3.8, 4) is 0 Å². The average molecular weight is 354 g/mol. The molecule has 0 fully saturated rings. The Labute approximate surface area is 121 Å². The zero-order valence-corrected chi connectivity index (χ0v) is 11.7. The lowest BCUT2D eigenvalue weighted by Crippen LogP contribution is -2.25. The molecule has 0 atom stereocenters. The monoisotopic (exact) mass is 353 g/mol. The van der Waals surface area contributed by atoms with E-state index >= 15 is 0 Å². The average Bonchev–Trinajstić information content (AvgIpc) is 2.33. The van der Waals surface area contributed by atoms with Crippen LogP contribution in [0.3, 0.4) is 0 Å². The van der Waals surface area contributed by atoms with Crippen LogP contribution in [0.15, 0.2) is 22.7 Å². The maximum atomic E-state index is 12.7. The maximum absolute atomic E-state index is 12.7. The predicted molar refractivity (Wildman–Crippen MR) is 68.3 cm³/mol. The fraction of sp³-hybridized carbons (Fsp3) is 0.333. The van der Waals surface area contributed by atoms with Gasteiger partial charge in [-0.15, -0.1) is 0 Å².